The fourth-order valence-electron chi connectivity index (χ4n) is 2.64. The number of nitrogens with one attached hydrogen (secondary N) is 1. The van der Waals surface area contributed by atoms with E-state index >= 15 is 0 Å². The first kappa shape index (κ1) is 11.5. The number of rotatable bonds is 3. The van der Waals surface area contributed by atoms with Crippen LogP contribution in [0.1, 0.15) is 37.7 Å². The predicted octanol–water partition coefficient (Wildman–Crippen LogP) is 3.21. The Balaban J connectivity index is 2.22. The van der Waals surface area contributed by atoms with Crippen LogP contribution < -0.4 is 5.32 Å². The highest BCUT2D eigenvalue weighted by molar-refractivity contribution is 5.25. The predicted molar refractivity (Wildman–Crippen MR) is 60.4 cm³/mol. The minimum Gasteiger partial charge on any atom is -0.314 e. The van der Waals surface area contributed by atoms with Gasteiger partial charge in [-0.2, -0.15) is 0 Å². The molecule has 0 amide bonds. The van der Waals surface area contributed by atoms with Crippen molar-refractivity contribution >= 4 is 0 Å². The lowest BCUT2D eigenvalue weighted by molar-refractivity contribution is 0.471. The van der Waals surface area contributed by atoms with Gasteiger partial charge in [-0.1, -0.05) is 19.4 Å². The van der Waals surface area contributed by atoms with Crippen LogP contribution in [-0.2, 0) is 0 Å². The molecule has 0 aliphatic heterocycles. The maximum atomic E-state index is 13.6. The summed E-state index contributed by atoms with van der Waals surface area (Å²) in [5.74, 6) is -0.713. The molecule has 88 valence electrons. The van der Waals surface area contributed by atoms with E-state index in [2.05, 4.69) is 12.2 Å². The fraction of sp³-hybridized carbons (Fsp3) is 0.538. The van der Waals surface area contributed by atoms with Crippen molar-refractivity contribution < 1.29 is 8.78 Å². The maximum absolute atomic E-state index is 13.6. The van der Waals surface area contributed by atoms with Crippen LogP contribution in [0.5, 0.6) is 0 Å². The highest BCUT2D eigenvalue weighted by atomic mass is 19.1. The molecule has 1 N–H and O–H groups in total. The van der Waals surface area contributed by atoms with Crippen LogP contribution in [0.25, 0.3) is 0 Å². The van der Waals surface area contributed by atoms with E-state index in [1.54, 1.807) is 6.07 Å². The first-order valence-electron chi connectivity index (χ1n) is 5.90. The van der Waals surface area contributed by atoms with Crippen molar-refractivity contribution in [2.24, 2.45) is 0 Å². The van der Waals surface area contributed by atoms with Crippen LogP contribution in [0.3, 0.4) is 0 Å². The summed E-state index contributed by atoms with van der Waals surface area (Å²) in [4.78, 5) is 0. The number of hydrogen-bond donors (Lipinski definition) is 1. The molecule has 3 heteroatoms. The topological polar surface area (TPSA) is 12.0 Å². The van der Waals surface area contributed by atoms with E-state index in [0.29, 0.717) is 11.6 Å². The third-order valence-electron chi connectivity index (χ3n) is 3.34. The van der Waals surface area contributed by atoms with Crippen molar-refractivity contribution in [3.05, 3.63) is 35.4 Å². The lowest BCUT2D eigenvalue weighted by Crippen LogP contribution is -2.31. The molecule has 1 aromatic carbocycles. The summed E-state index contributed by atoms with van der Waals surface area (Å²) in [6, 6.07) is 4.26. The molecule has 1 aromatic rings. The van der Waals surface area contributed by atoms with Gasteiger partial charge >= 0.3 is 0 Å². The largest absolute Gasteiger partial charge is 0.314 e. The second-order valence-electron chi connectivity index (χ2n) is 4.37. The van der Waals surface area contributed by atoms with Gasteiger partial charge in [0.05, 0.1) is 0 Å². The Bertz CT molecular complexity index is 365. The van der Waals surface area contributed by atoms with Gasteiger partial charge in [-0.15, -0.1) is 0 Å². The Morgan fingerprint density at radius 1 is 1.31 bits per heavy atom. The van der Waals surface area contributed by atoms with Gasteiger partial charge in [0.2, 0.25) is 0 Å². The summed E-state index contributed by atoms with van der Waals surface area (Å²) < 4.78 is 26.5. The van der Waals surface area contributed by atoms with Crippen molar-refractivity contribution in [3.8, 4) is 0 Å². The summed E-state index contributed by atoms with van der Waals surface area (Å²) >= 11 is 0. The molecule has 16 heavy (non-hydrogen) atoms. The first-order chi connectivity index (χ1) is 7.72. The number of halogens is 2. The van der Waals surface area contributed by atoms with E-state index in [0.717, 1.165) is 31.9 Å². The lowest BCUT2D eigenvalue weighted by atomic mass is 9.93. The number of likely N-dealkylation sites (N-methyl/N-ethyl adjacent to an activating group) is 1. The summed E-state index contributed by atoms with van der Waals surface area (Å²) in [7, 11) is 0. The molecular weight excluding hydrogens is 208 g/mol. The molecule has 1 aliphatic carbocycles. The molecule has 1 aliphatic rings. The molecule has 0 bridgehead atoms. The number of hydrogen-bond acceptors (Lipinski definition) is 1. The molecule has 2 atom stereocenters. The van der Waals surface area contributed by atoms with Gasteiger partial charge in [-0.25, -0.2) is 8.78 Å². The molecule has 0 heterocycles. The second kappa shape index (κ2) is 4.91. The van der Waals surface area contributed by atoms with Crippen molar-refractivity contribution in [3.63, 3.8) is 0 Å². The Hall–Kier alpha value is -0.960. The highest BCUT2D eigenvalue weighted by Gasteiger charge is 2.29. The molecule has 1 fully saturated rings. The summed E-state index contributed by atoms with van der Waals surface area (Å²) in [6.45, 7) is 2.94. The van der Waals surface area contributed by atoms with Gasteiger partial charge in [0.25, 0.3) is 0 Å². The zero-order valence-electron chi connectivity index (χ0n) is 9.47. The zero-order chi connectivity index (χ0) is 11.5. The molecule has 1 saturated carbocycles. The quantitative estimate of drug-likeness (QED) is 0.833. The Labute approximate surface area is 94.9 Å². The monoisotopic (exact) mass is 225 g/mol. The van der Waals surface area contributed by atoms with Gasteiger partial charge in [-0.3, -0.25) is 0 Å². The van der Waals surface area contributed by atoms with E-state index in [1.165, 1.54) is 6.07 Å². The van der Waals surface area contributed by atoms with E-state index < -0.39 is 11.6 Å². The Morgan fingerprint density at radius 3 is 2.81 bits per heavy atom. The normalized spacial score (nSPS) is 24.9. The SMILES string of the molecule is CCNC1CCCC1c1ccc(F)cc1F. The van der Waals surface area contributed by atoms with Crippen molar-refractivity contribution in [1.29, 1.82) is 0 Å². The van der Waals surface area contributed by atoms with Gasteiger partial charge in [0.1, 0.15) is 11.6 Å². The van der Waals surface area contributed by atoms with Crippen molar-refractivity contribution in [2.75, 3.05) is 6.54 Å². The van der Waals surface area contributed by atoms with E-state index in [4.69, 9.17) is 0 Å². The molecule has 2 rings (SSSR count). The van der Waals surface area contributed by atoms with Crippen LogP contribution >= 0.6 is 0 Å². The van der Waals surface area contributed by atoms with Gasteiger partial charge < -0.3 is 5.32 Å². The maximum Gasteiger partial charge on any atom is 0.129 e. The van der Waals surface area contributed by atoms with Crippen molar-refractivity contribution in [1.82, 2.24) is 5.32 Å². The van der Waals surface area contributed by atoms with E-state index in [1.807, 2.05) is 0 Å². The van der Waals surface area contributed by atoms with Gasteiger partial charge in [0, 0.05) is 18.0 Å². The highest BCUT2D eigenvalue weighted by Crippen LogP contribution is 2.35. The summed E-state index contributed by atoms with van der Waals surface area (Å²) in [5, 5.41) is 3.37. The average molecular weight is 225 g/mol. The van der Waals surface area contributed by atoms with Crippen LogP contribution in [0.15, 0.2) is 18.2 Å². The molecule has 0 spiro atoms. The summed E-state index contributed by atoms with van der Waals surface area (Å²) in [6.07, 6.45) is 3.18. The molecule has 2 unspecified atom stereocenters. The Kier molecular flexibility index (Phi) is 3.54. The standard InChI is InChI=1S/C13H17F2N/c1-2-16-13-5-3-4-11(13)10-7-6-9(14)8-12(10)15/h6-8,11,13,16H,2-5H2,1H3. The molecule has 1 nitrogen and oxygen atoms in total. The van der Waals surface area contributed by atoms with Gasteiger partial charge in [-0.05, 0) is 31.0 Å². The van der Waals surface area contributed by atoms with E-state index in [9.17, 15) is 8.78 Å². The van der Waals surface area contributed by atoms with Crippen molar-refractivity contribution in [2.45, 2.75) is 38.1 Å². The first-order valence-corrected chi connectivity index (χ1v) is 5.90. The van der Waals surface area contributed by atoms with Crippen LogP contribution in [-0.4, -0.2) is 12.6 Å². The molecular formula is C13H17F2N. The third kappa shape index (κ3) is 2.24. The average Bonchev–Trinajstić information content (AvgIpc) is 2.67. The molecule has 0 saturated heterocycles. The Morgan fingerprint density at radius 2 is 2.12 bits per heavy atom. The zero-order valence-corrected chi connectivity index (χ0v) is 9.47. The van der Waals surface area contributed by atoms with E-state index in [-0.39, 0.29) is 5.92 Å². The minimum absolute atomic E-state index is 0.195. The van der Waals surface area contributed by atoms with Crippen LogP contribution in [0, 0.1) is 11.6 Å². The third-order valence-corrected chi connectivity index (χ3v) is 3.34. The van der Waals surface area contributed by atoms with Crippen LogP contribution in [0.4, 0.5) is 8.78 Å². The second-order valence-corrected chi connectivity index (χ2v) is 4.37. The fourth-order valence-corrected chi connectivity index (χ4v) is 2.64. The lowest BCUT2D eigenvalue weighted by Gasteiger charge is -2.21. The summed E-state index contributed by atoms with van der Waals surface area (Å²) in [5.41, 5.74) is 0.657. The smallest absolute Gasteiger partial charge is 0.129 e. The number of benzene rings is 1. The van der Waals surface area contributed by atoms with Gasteiger partial charge in [0.15, 0.2) is 0 Å². The molecule has 0 radical (unpaired) electrons. The molecule has 0 aromatic heterocycles. The van der Waals surface area contributed by atoms with Crippen LogP contribution in [0.2, 0.25) is 0 Å². The minimum atomic E-state index is -0.501.